The Kier molecular flexibility index (Phi) is 4.77. The van der Waals surface area contributed by atoms with Crippen LogP contribution in [0.15, 0.2) is 34.8 Å². The molecule has 0 spiro atoms. The standard InChI is InChI=1S/C19H19ClN4O4S2/c1-12-3-2-4-13-11-28-19(25)24(15(12)13)14-5-7-22(8-6-14)30(26,27)17-16(20)21-18-23(17)9-10-29-18/h2-4,9-10,14H,5-8,11H2,1H3. The van der Waals surface area contributed by atoms with Gasteiger partial charge in [0.1, 0.15) is 6.61 Å². The highest BCUT2D eigenvalue weighted by Gasteiger charge is 2.39. The molecule has 1 fully saturated rings. The Morgan fingerprint density at radius 1 is 1.27 bits per heavy atom. The number of thiazole rings is 1. The van der Waals surface area contributed by atoms with Gasteiger partial charge < -0.3 is 4.74 Å². The van der Waals surface area contributed by atoms with Crippen molar-refractivity contribution >= 4 is 49.7 Å². The lowest BCUT2D eigenvalue weighted by Crippen LogP contribution is -2.50. The highest BCUT2D eigenvalue weighted by atomic mass is 35.5. The van der Waals surface area contributed by atoms with Crippen molar-refractivity contribution in [2.45, 2.75) is 37.4 Å². The number of amides is 1. The molecular formula is C19H19ClN4O4S2. The molecule has 0 unspecified atom stereocenters. The maximum absolute atomic E-state index is 13.3. The number of para-hydroxylation sites is 1. The normalized spacial score (nSPS) is 18.6. The summed E-state index contributed by atoms with van der Waals surface area (Å²) in [6.07, 6.45) is 2.29. The third-order valence-corrected chi connectivity index (χ3v) is 8.72. The number of fused-ring (bicyclic) bond motifs is 2. The second-order valence-electron chi connectivity index (χ2n) is 7.41. The first-order chi connectivity index (χ1) is 14.4. The molecule has 2 aromatic heterocycles. The molecule has 1 saturated heterocycles. The monoisotopic (exact) mass is 466 g/mol. The van der Waals surface area contributed by atoms with E-state index in [1.165, 1.54) is 20.0 Å². The number of piperidine rings is 1. The van der Waals surface area contributed by atoms with Crippen molar-refractivity contribution in [1.29, 1.82) is 0 Å². The maximum atomic E-state index is 13.3. The molecule has 1 amide bonds. The fourth-order valence-corrected chi connectivity index (χ4v) is 7.12. The SMILES string of the molecule is Cc1cccc2c1N(C1CCN(S(=O)(=O)c3c(Cl)nc4sccn34)CC1)C(=O)OC2. The molecule has 8 nitrogen and oxygen atoms in total. The van der Waals surface area contributed by atoms with Crippen molar-refractivity contribution in [2.24, 2.45) is 0 Å². The van der Waals surface area contributed by atoms with E-state index in [0.29, 0.717) is 17.8 Å². The average Bonchev–Trinajstić information content (AvgIpc) is 3.28. The quantitative estimate of drug-likeness (QED) is 0.588. The fourth-order valence-electron chi connectivity index (χ4n) is 4.25. The highest BCUT2D eigenvalue weighted by molar-refractivity contribution is 7.89. The first-order valence-corrected chi connectivity index (χ1v) is 12.2. The number of nitrogens with zero attached hydrogens (tertiary/aromatic N) is 4. The molecule has 158 valence electrons. The number of imidazole rings is 1. The average molecular weight is 467 g/mol. The van der Waals surface area contributed by atoms with Gasteiger partial charge in [0.05, 0.1) is 5.69 Å². The molecule has 0 saturated carbocycles. The lowest BCUT2D eigenvalue weighted by molar-refractivity contribution is 0.135. The molecule has 11 heteroatoms. The molecule has 0 bridgehead atoms. The van der Waals surface area contributed by atoms with E-state index in [0.717, 1.165) is 16.8 Å². The third kappa shape index (κ3) is 3.01. The molecule has 0 N–H and O–H groups in total. The zero-order valence-corrected chi connectivity index (χ0v) is 18.5. The number of ether oxygens (including phenoxy) is 1. The Morgan fingerprint density at radius 2 is 2.03 bits per heavy atom. The summed E-state index contributed by atoms with van der Waals surface area (Å²) >= 11 is 7.48. The molecule has 1 aromatic carbocycles. The number of halogens is 1. The van der Waals surface area contributed by atoms with Crippen LogP contribution in [0.1, 0.15) is 24.0 Å². The molecule has 3 aromatic rings. The summed E-state index contributed by atoms with van der Waals surface area (Å²) in [5.41, 5.74) is 2.86. The Labute approximate surface area is 182 Å². The molecule has 0 aliphatic carbocycles. The second kappa shape index (κ2) is 7.23. The zero-order chi connectivity index (χ0) is 21.0. The minimum Gasteiger partial charge on any atom is -0.444 e. The van der Waals surface area contributed by atoms with Crippen molar-refractivity contribution < 1.29 is 17.9 Å². The number of hydrogen-bond acceptors (Lipinski definition) is 6. The van der Waals surface area contributed by atoms with Crippen LogP contribution in [0.3, 0.4) is 0 Å². The predicted octanol–water partition coefficient (Wildman–Crippen LogP) is 3.67. The Balaban J connectivity index is 1.40. The van der Waals surface area contributed by atoms with E-state index in [1.54, 1.807) is 16.5 Å². The third-order valence-electron chi connectivity index (χ3n) is 5.66. The molecule has 4 heterocycles. The van der Waals surface area contributed by atoms with E-state index in [9.17, 15) is 13.2 Å². The van der Waals surface area contributed by atoms with Crippen molar-refractivity contribution in [3.8, 4) is 0 Å². The largest absolute Gasteiger partial charge is 0.444 e. The van der Waals surface area contributed by atoms with Crippen LogP contribution in [0, 0.1) is 6.92 Å². The lowest BCUT2D eigenvalue weighted by Gasteiger charge is -2.40. The van der Waals surface area contributed by atoms with Crippen LogP contribution in [0.5, 0.6) is 0 Å². The minimum atomic E-state index is -3.81. The molecule has 0 atom stereocenters. The van der Waals surface area contributed by atoms with E-state index in [1.807, 2.05) is 25.1 Å². The van der Waals surface area contributed by atoms with Gasteiger partial charge in [0.25, 0.3) is 10.0 Å². The Hall–Kier alpha value is -2.14. The Morgan fingerprint density at radius 3 is 2.80 bits per heavy atom. The van der Waals surface area contributed by atoms with E-state index in [4.69, 9.17) is 16.3 Å². The predicted molar refractivity (Wildman–Crippen MR) is 114 cm³/mol. The number of anilines is 1. The number of carbonyl (C=O) groups is 1. The number of sulfonamides is 1. The van der Waals surface area contributed by atoms with E-state index in [-0.39, 0.29) is 42.0 Å². The number of rotatable bonds is 3. The van der Waals surface area contributed by atoms with Gasteiger partial charge in [-0.1, -0.05) is 29.8 Å². The van der Waals surface area contributed by atoms with E-state index >= 15 is 0 Å². The number of hydrogen-bond donors (Lipinski definition) is 0. The number of benzene rings is 1. The van der Waals surface area contributed by atoms with Crippen LogP contribution in [-0.2, 0) is 21.4 Å². The number of aryl methyl sites for hydroxylation is 1. The van der Waals surface area contributed by atoms with Crippen molar-refractivity contribution in [3.05, 3.63) is 46.1 Å². The first-order valence-electron chi connectivity index (χ1n) is 9.53. The highest BCUT2D eigenvalue weighted by Crippen LogP contribution is 2.36. The summed E-state index contributed by atoms with van der Waals surface area (Å²) in [5.74, 6) is 0. The van der Waals surface area contributed by atoms with Gasteiger partial charge in [-0.05, 0) is 25.3 Å². The Bertz CT molecular complexity index is 1240. The van der Waals surface area contributed by atoms with Gasteiger partial charge in [-0.2, -0.15) is 4.31 Å². The summed E-state index contributed by atoms with van der Waals surface area (Å²) in [6, 6.07) is 5.74. The summed E-state index contributed by atoms with van der Waals surface area (Å²) < 4.78 is 34.8. The summed E-state index contributed by atoms with van der Waals surface area (Å²) in [6.45, 7) is 2.80. The lowest BCUT2D eigenvalue weighted by atomic mass is 10.00. The number of aromatic nitrogens is 2. The number of cyclic esters (lactones) is 1. The van der Waals surface area contributed by atoms with Gasteiger partial charge in [-0.3, -0.25) is 9.30 Å². The van der Waals surface area contributed by atoms with Crippen LogP contribution in [0.4, 0.5) is 10.5 Å². The van der Waals surface area contributed by atoms with E-state index in [2.05, 4.69) is 4.98 Å². The van der Waals surface area contributed by atoms with Crippen LogP contribution in [0.2, 0.25) is 5.15 Å². The molecule has 0 radical (unpaired) electrons. The van der Waals surface area contributed by atoms with Gasteiger partial charge in [-0.15, -0.1) is 11.3 Å². The van der Waals surface area contributed by atoms with Crippen LogP contribution in [-0.4, -0.2) is 47.3 Å². The van der Waals surface area contributed by atoms with Crippen molar-refractivity contribution in [1.82, 2.24) is 13.7 Å². The smallest absolute Gasteiger partial charge is 0.414 e. The van der Waals surface area contributed by atoms with Crippen LogP contribution >= 0.6 is 22.9 Å². The first kappa shape index (κ1) is 19.8. The minimum absolute atomic E-state index is 0.00237. The van der Waals surface area contributed by atoms with Gasteiger partial charge in [0, 0.05) is 36.3 Å². The summed E-state index contributed by atoms with van der Waals surface area (Å²) in [5, 5.41) is 1.75. The van der Waals surface area contributed by atoms with Crippen molar-refractivity contribution in [2.75, 3.05) is 18.0 Å². The second-order valence-corrected chi connectivity index (χ2v) is 10.5. The molecule has 5 rings (SSSR count). The van der Waals surface area contributed by atoms with Gasteiger partial charge in [0.15, 0.2) is 15.1 Å². The molecular weight excluding hydrogens is 448 g/mol. The molecule has 2 aliphatic heterocycles. The fraction of sp³-hybridized carbons (Fsp3) is 0.368. The zero-order valence-electron chi connectivity index (χ0n) is 16.1. The maximum Gasteiger partial charge on any atom is 0.414 e. The summed E-state index contributed by atoms with van der Waals surface area (Å²) in [7, 11) is -3.81. The molecule has 2 aliphatic rings. The van der Waals surface area contributed by atoms with Gasteiger partial charge in [-0.25, -0.2) is 18.2 Å². The molecule has 30 heavy (non-hydrogen) atoms. The van der Waals surface area contributed by atoms with Gasteiger partial charge >= 0.3 is 6.09 Å². The van der Waals surface area contributed by atoms with Crippen LogP contribution in [0.25, 0.3) is 4.96 Å². The topological polar surface area (TPSA) is 84.2 Å². The van der Waals surface area contributed by atoms with Crippen molar-refractivity contribution in [3.63, 3.8) is 0 Å². The number of carbonyl (C=O) groups excluding carboxylic acids is 1. The van der Waals surface area contributed by atoms with E-state index < -0.39 is 10.0 Å². The van der Waals surface area contributed by atoms with Gasteiger partial charge in [0.2, 0.25) is 0 Å². The van der Waals surface area contributed by atoms with Crippen LogP contribution < -0.4 is 4.90 Å². The summed E-state index contributed by atoms with van der Waals surface area (Å²) in [4.78, 5) is 19.0.